The van der Waals surface area contributed by atoms with Gasteiger partial charge in [0, 0.05) is 24.2 Å². The van der Waals surface area contributed by atoms with Crippen LogP contribution in [0.2, 0.25) is 0 Å². The summed E-state index contributed by atoms with van der Waals surface area (Å²) in [4.78, 5) is 15.2. The molecule has 3 aromatic rings. The van der Waals surface area contributed by atoms with Crippen molar-refractivity contribution in [3.63, 3.8) is 0 Å². The van der Waals surface area contributed by atoms with Crippen LogP contribution < -0.4 is 0 Å². The summed E-state index contributed by atoms with van der Waals surface area (Å²) in [5, 5.41) is 9.80. The molecule has 1 saturated heterocycles. The summed E-state index contributed by atoms with van der Waals surface area (Å²) in [6.45, 7) is 8.56. The molecule has 32 heavy (non-hydrogen) atoms. The second-order valence-electron chi connectivity index (χ2n) is 8.88. The Morgan fingerprint density at radius 2 is 1.72 bits per heavy atom. The molecule has 1 amide bonds. The topological polar surface area (TPSA) is 51.0 Å². The number of amides is 1. The van der Waals surface area contributed by atoms with Gasteiger partial charge in [0.1, 0.15) is 5.82 Å². The van der Waals surface area contributed by atoms with E-state index in [1.54, 1.807) is 0 Å². The zero-order chi connectivity index (χ0) is 22.7. The molecule has 6 heteroatoms. The van der Waals surface area contributed by atoms with Gasteiger partial charge in [0.05, 0.1) is 5.75 Å². The monoisotopic (exact) mass is 448 g/mol. The Balaban J connectivity index is 1.61. The molecular formula is C26H32N4OS. The van der Waals surface area contributed by atoms with Crippen LogP contribution in [0.4, 0.5) is 0 Å². The van der Waals surface area contributed by atoms with Gasteiger partial charge >= 0.3 is 0 Å². The fraction of sp³-hybridized carbons (Fsp3) is 0.423. The van der Waals surface area contributed by atoms with Crippen LogP contribution in [0.1, 0.15) is 55.6 Å². The molecule has 1 fully saturated rings. The first-order chi connectivity index (χ1) is 15.4. The summed E-state index contributed by atoms with van der Waals surface area (Å²) in [6, 6.07) is 17.3. The van der Waals surface area contributed by atoms with E-state index in [1.165, 1.54) is 34.9 Å². The standard InChI is InChI=1S/C26H32N4OS/c1-18-13-14-23(15-19(18)2)30-24(16-22-11-6-5-7-12-22)27-28-26(30)32-17-25(31)29-20(3)9-8-10-21(29)4/h5-7,11-15,20-21H,8-10,16-17H2,1-4H3/t20-,21+. The Labute approximate surface area is 195 Å². The number of hydrogen-bond acceptors (Lipinski definition) is 4. The number of thioether (sulfide) groups is 1. The molecule has 0 bridgehead atoms. The van der Waals surface area contributed by atoms with E-state index in [9.17, 15) is 4.79 Å². The zero-order valence-corrected chi connectivity index (χ0v) is 20.2. The van der Waals surface area contributed by atoms with Crippen molar-refractivity contribution in [1.29, 1.82) is 0 Å². The number of aryl methyl sites for hydroxylation is 2. The molecule has 2 atom stereocenters. The molecule has 2 aromatic carbocycles. The maximum Gasteiger partial charge on any atom is 0.233 e. The van der Waals surface area contributed by atoms with Crippen LogP contribution in [-0.4, -0.2) is 43.4 Å². The van der Waals surface area contributed by atoms with E-state index in [4.69, 9.17) is 0 Å². The highest BCUT2D eigenvalue weighted by atomic mass is 32.2. The normalized spacial score (nSPS) is 18.7. The lowest BCUT2D eigenvalue weighted by Gasteiger charge is -2.39. The third-order valence-corrected chi connectivity index (χ3v) is 7.37. The summed E-state index contributed by atoms with van der Waals surface area (Å²) in [7, 11) is 0. The fourth-order valence-electron chi connectivity index (χ4n) is 4.52. The average molecular weight is 449 g/mol. The molecule has 0 radical (unpaired) electrons. The number of rotatable bonds is 6. The highest BCUT2D eigenvalue weighted by molar-refractivity contribution is 7.99. The number of piperidine rings is 1. The number of aromatic nitrogens is 3. The third kappa shape index (κ3) is 4.90. The summed E-state index contributed by atoms with van der Waals surface area (Å²) >= 11 is 1.49. The molecule has 0 aliphatic carbocycles. The Morgan fingerprint density at radius 3 is 2.41 bits per heavy atom. The smallest absolute Gasteiger partial charge is 0.233 e. The Morgan fingerprint density at radius 1 is 1.00 bits per heavy atom. The van der Waals surface area contributed by atoms with Gasteiger partial charge in [-0.2, -0.15) is 0 Å². The lowest BCUT2D eigenvalue weighted by atomic mass is 9.98. The predicted octanol–water partition coefficient (Wildman–Crippen LogP) is 5.36. The SMILES string of the molecule is Cc1ccc(-n2c(Cc3ccccc3)nnc2SCC(=O)N2[C@H](C)CCC[C@@H]2C)cc1C. The molecule has 1 aliphatic rings. The van der Waals surface area contributed by atoms with Gasteiger partial charge < -0.3 is 4.90 Å². The van der Waals surface area contributed by atoms with Crippen LogP contribution in [0.15, 0.2) is 53.7 Å². The van der Waals surface area contributed by atoms with E-state index in [1.807, 2.05) is 18.2 Å². The van der Waals surface area contributed by atoms with Gasteiger partial charge in [0.25, 0.3) is 0 Å². The number of likely N-dealkylation sites (tertiary alicyclic amines) is 1. The number of carbonyl (C=O) groups excluding carboxylic acids is 1. The molecule has 0 spiro atoms. The van der Waals surface area contributed by atoms with Crippen molar-refractivity contribution in [3.8, 4) is 5.69 Å². The highest BCUT2D eigenvalue weighted by Gasteiger charge is 2.29. The first-order valence-corrected chi connectivity index (χ1v) is 12.4. The molecular weight excluding hydrogens is 416 g/mol. The maximum absolute atomic E-state index is 13.1. The number of nitrogens with zero attached hydrogens (tertiary/aromatic N) is 4. The van der Waals surface area contributed by atoms with E-state index in [0.717, 1.165) is 29.5 Å². The third-order valence-electron chi connectivity index (χ3n) is 6.46. The second kappa shape index (κ2) is 9.90. The molecule has 0 N–H and O–H groups in total. The van der Waals surface area contributed by atoms with Crippen molar-refractivity contribution in [2.75, 3.05) is 5.75 Å². The predicted molar refractivity (Wildman–Crippen MR) is 130 cm³/mol. The minimum Gasteiger partial charge on any atom is -0.337 e. The zero-order valence-electron chi connectivity index (χ0n) is 19.4. The van der Waals surface area contributed by atoms with Gasteiger partial charge in [-0.05, 0) is 75.8 Å². The molecule has 0 saturated carbocycles. The van der Waals surface area contributed by atoms with Gasteiger partial charge in [-0.3, -0.25) is 9.36 Å². The van der Waals surface area contributed by atoms with Crippen LogP contribution >= 0.6 is 11.8 Å². The van der Waals surface area contributed by atoms with E-state index >= 15 is 0 Å². The first-order valence-electron chi connectivity index (χ1n) is 11.4. The Bertz CT molecular complexity index is 1070. The van der Waals surface area contributed by atoms with Crippen LogP contribution in [0, 0.1) is 13.8 Å². The van der Waals surface area contributed by atoms with Crippen molar-refractivity contribution < 1.29 is 4.79 Å². The molecule has 1 aliphatic heterocycles. The van der Waals surface area contributed by atoms with Crippen molar-refractivity contribution in [2.24, 2.45) is 0 Å². The maximum atomic E-state index is 13.1. The van der Waals surface area contributed by atoms with E-state index in [0.29, 0.717) is 24.3 Å². The minimum absolute atomic E-state index is 0.189. The molecule has 168 valence electrons. The molecule has 1 aromatic heterocycles. The fourth-order valence-corrected chi connectivity index (χ4v) is 5.36. The summed E-state index contributed by atoms with van der Waals surface area (Å²) in [6.07, 6.45) is 4.06. The van der Waals surface area contributed by atoms with Gasteiger partial charge in [-0.25, -0.2) is 0 Å². The van der Waals surface area contributed by atoms with Gasteiger partial charge in [-0.15, -0.1) is 10.2 Å². The van der Waals surface area contributed by atoms with E-state index < -0.39 is 0 Å². The van der Waals surface area contributed by atoms with Gasteiger partial charge in [-0.1, -0.05) is 48.2 Å². The van der Waals surface area contributed by atoms with Crippen molar-refractivity contribution in [1.82, 2.24) is 19.7 Å². The second-order valence-corrected chi connectivity index (χ2v) is 9.83. The Hall–Kier alpha value is -2.60. The first kappa shape index (κ1) is 22.6. The van der Waals surface area contributed by atoms with Gasteiger partial charge in [0.15, 0.2) is 5.16 Å². The lowest BCUT2D eigenvalue weighted by molar-refractivity contribution is -0.134. The van der Waals surface area contributed by atoms with E-state index in [2.05, 4.69) is 77.7 Å². The van der Waals surface area contributed by atoms with E-state index in [-0.39, 0.29) is 5.91 Å². The minimum atomic E-state index is 0.189. The van der Waals surface area contributed by atoms with Crippen LogP contribution in [0.5, 0.6) is 0 Å². The van der Waals surface area contributed by atoms with Crippen molar-refractivity contribution in [2.45, 2.75) is 70.6 Å². The Kier molecular flexibility index (Phi) is 6.99. The largest absolute Gasteiger partial charge is 0.337 e. The van der Waals surface area contributed by atoms with Crippen molar-refractivity contribution in [3.05, 3.63) is 71.0 Å². The van der Waals surface area contributed by atoms with Crippen LogP contribution in [0.3, 0.4) is 0 Å². The molecule has 4 rings (SSSR count). The molecule has 5 nitrogen and oxygen atoms in total. The quantitative estimate of drug-likeness (QED) is 0.477. The summed E-state index contributed by atoms with van der Waals surface area (Å²) in [5.74, 6) is 1.45. The molecule has 0 unspecified atom stereocenters. The average Bonchev–Trinajstić information content (AvgIpc) is 3.17. The molecule has 2 heterocycles. The number of carbonyl (C=O) groups is 1. The highest BCUT2D eigenvalue weighted by Crippen LogP contribution is 2.28. The summed E-state index contributed by atoms with van der Waals surface area (Å²) < 4.78 is 2.11. The number of hydrogen-bond donors (Lipinski definition) is 0. The van der Waals surface area contributed by atoms with Crippen LogP contribution in [0.25, 0.3) is 5.69 Å². The number of benzene rings is 2. The van der Waals surface area contributed by atoms with Crippen molar-refractivity contribution >= 4 is 17.7 Å². The van der Waals surface area contributed by atoms with Crippen LogP contribution in [-0.2, 0) is 11.2 Å². The lowest BCUT2D eigenvalue weighted by Crippen LogP contribution is -2.48. The van der Waals surface area contributed by atoms with Gasteiger partial charge in [0.2, 0.25) is 5.91 Å². The summed E-state index contributed by atoms with van der Waals surface area (Å²) in [5.41, 5.74) is 4.71.